The minimum absolute atomic E-state index is 0.216. The summed E-state index contributed by atoms with van der Waals surface area (Å²) in [7, 11) is 0. The van der Waals surface area contributed by atoms with Crippen molar-refractivity contribution in [3.8, 4) is 0 Å². The van der Waals surface area contributed by atoms with Crippen LogP contribution in [0.3, 0.4) is 0 Å². The molecule has 70 valence electrons. The summed E-state index contributed by atoms with van der Waals surface area (Å²) in [5.41, 5.74) is 0.216. The second-order valence-corrected chi connectivity index (χ2v) is 4.06. The van der Waals surface area contributed by atoms with Crippen LogP contribution in [-0.2, 0) is 0 Å². The monoisotopic (exact) mass is 198 g/mol. The predicted octanol–water partition coefficient (Wildman–Crippen LogP) is 2.08. The number of nitro groups is 1. The first-order chi connectivity index (χ1) is 6.27. The highest BCUT2D eigenvalue weighted by molar-refractivity contribution is 7.10. The predicted molar refractivity (Wildman–Crippen MR) is 51.0 cm³/mol. The van der Waals surface area contributed by atoms with Crippen LogP contribution in [0.1, 0.15) is 23.8 Å². The van der Waals surface area contributed by atoms with Crippen LogP contribution >= 0.6 is 11.3 Å². The van der Waals surface area contributed by atoms with Gasteiger partial charge in [-0.25, -0.2) is 0 Å². The Morgan fingerprint density at radius 2 is 2.54 bits per heavy atom. The van der Waals surface area contributed by atoms with Crippen molar-refractivity contribution in [3.05, 3.63) is 26.4 Å². The highest BCUT2D eigenvalue weighted by Crippen LogP contribution is 2.31. The number of hydrogen-bond donors (Lipinski definition) is 1. The first-order valence-corrected chi connectivity index (χ1v) is 5.11. The Labute approximate surface area is 79.7 Å². The standard InChI is InChI=1S/C8H10N2O2S/c11-10(12)6-4-8(13-5-6)7-2-1-3-9-7/h4-5,7,9H,1-3H2. The molecule has 1 atom stereocenters. The zero-order valence-corrected chi connectivity index (χ0v) is 7.84. The molecule has 1 aliphatic rings. The Morgan fingerprint density at radius 3 is 3.08 bits per heavy atom. The third-order valence-corrected chi connectivity index (χ3v) is 3.25. The molecule has 13 heavy (non-hydrogen) atoms. The molecule has 1 aliphatic heterocycles. The molecule has 1 aromatic heterocycles. The Bertz CT molecular complexity index is 318. The van der Waals surface area contributed by atoms with Crippen molar-refractivity contribution in [2.45, 2.75) is 18.9 Å². The molecular formula is C8H10N2O2S. The normalized spacial score (nSPS) is 22.0. The minimum Gasteiger partial charge on any atom is -0.309 e. The average molecular weight is 198 g/mol. The van der Waals surface area contributed by atoms with E-state index in [9.17, 15) is 10.1 Å². The Kier molecular flexibility index (Phi) is 2.28. The maximum atomic E-state index is 10.4. The lowest BCUT2D eigenvalue weighted by molar-refractivity contribution is -0.384. The first kappa shape index (κ1) is 8.65. The molecule has 4 nitrogen and oxygen atoms in total. The van der Waals surface area contributed by atoms with Gasteiger partial charge in [-0.05, 0) is 19.4 Å². The van der Waals surface area contributed by atoms with Gasteiger partial charge in [0, 0.05) is 17.0 Å². The van der Waals surface area contributed by atoms with E-state index in [0.717, 1.165) is 24.3 Å². The van der Waals surface area contributed by atoms with Gasteiger partial charge in [-0.3, -0.25) is 10.1 Å². The van der Waals surface area contributed by atoms with Crippen molar-refractivity contribution in [3.63, 3.8) is 0 Å². The first-order valence-electron chi connectivity index (χ1n) is 4.23. The molecule has 1 saturated heterocycles. The lowest BCUT2D eigenvalue weighted by Crippen LogP contribution is -2.11. The third-order valence-electron chi connectivity index (χ3n) is 2.22. The summed E-state index contributed by atoms with van der Waals surface area (Å²) < 4.78 is 0. The van der Waals surface area contributed by atoms with Gasteiger partial charge in [-0.1, -0.05) is 0 Å². The van der Waals surface area contributed by atoms with E-state index in [4.69, 9.17) is 0 Å². The van der Waals surface area contributed by atoms with E-state index in [2.05, 4.69) is 5.32 Å². The molecule has 1 aromatic rings. The molecule has 2 rings (SSSR count). The van der Waals surface area contributed by atoms with Gasteiger partial charge in [-0.15, -0.1) is 11.3 Å². The third kappa shape index (κ3) is 1.71. The summed E-state index contributed by atoms with van der Waals surface area (Å²) in [5, 5.41) is 15.3. The quantitative estimate of drug-likeness (QED) is 0.584. The number of nitrogens with zero attached hydrogens (tertiary/aromatic N) is 1. The molecule has 2 heterocycles. The number of hydrogen-bond acceptors (Lipinski definition) is 4. The number of thiophene rings is 1. The highest BCUT2D eigenvalue weighted by atomic mass is 32.1. The van der Waals surface area contributed by atoms with Crippen molar-refractivity contribution in [1.82, 2.24) is 5.32 Å². The topological polar surface area (TPSA) is 55.2 Å². The average Bonchev–Trinajstić information content (AvgIpc) is 2.75. The zero-order chi connectivity index (χ0) is 9.26. The summed E-state index contributed by atoms with van der Waals surface area (Å²) in [6.45, 7) is 1.02. The minimum atomic E-state index is -0.338. The van der Waals surface area contributed by atoms with E-state index in [1.54, 1.807) is 11.4 Å². The summed E-state index contributed by atoms with van der Waals surface area (Å²) in [6.07, 6.45) is 2.26. The van der Waals surface area contributed by atoms with Crippen molar-refractivity contribution >= 4 is 17.0 Å². The van der Waals surface area contributed by atoms with Crippen LogP contribution in [0.5, 0.6) is 0 Å². The summed E-state index contributed by atoms with van der Waals surface area (Å²) in [4.78, 5) is 11.2. The lowest BCUT2D eigenvalue weighted by atomic mass is 10.2. The molecule has 0 spiro atoms. The van der Waals surface area contributed by atoms with Crippen molar-refractivity contribution < 1.29 is 4.92 Å². The van der Waals surface area contributed by atoms with Crippen LogP contribution in [0, 0.1) is 10.1 Å². The van der Waals surface area contributed by atoms with E-state index in [1.807, 2.05) is 0 Å². The van der Waals surface area contributed by atoms with Gasteiger partial charge in [0.05, 0.1) is 10.3 Å². The van der Waals surface area contributed by atoms with E-state index < -0.39 is 0 Å². The van der Waals surface area contributed by atoms with Gasteiger partial charge in [0.2, 0.25) is 0 Å². The smallest absolute Gasteiger partial charge is 0.280 e. The molecule has 1 unspecified atom stereocenters. The molecular weight excluding hydrogens is 188 g/mol. The molecule has 0 bridgehead atoms. The fraction of sp³-hybridized carbons (Fsp3) is 0.500. The molecule has 1 N–H and O–H groups in total. The van der Waals surface area contributed by atoms with Crippen LogP contribution in [0.15, 0.2) is 11.4 Å². The Hall–Kier alpha value is -0.940. The van der Waals surface area contributed by atoms with E-state index in [0.29, 0.717) is 6.04 Å². The van der Waals surface area contributed by atoms with E-state index >= 15 is 0 Å². The molecule has 0 saturated carbocycles. The second-order valence-electron chi connectivity index (χ2n) is 3.11. The molecule has 0 amide bonds. The number of nitrogens with one attached hydrogen (secondary N) is 1. The zero-order valence-electron chi connectivity index (χ0n) is 7.03. The van der Waals surface area contributed by atoms with Gasteiger partial charge in [-0.2, -0.15) is 0 Å². The molecule has 1 fully saturated rings. The number of rotatable bonds is 2. The Balaban J connectivity index is 2.16. The van der Waals surface area contributed by atoms with Crippen LogP contribution in [-0.4, -0.2) is 11.5 Å². The van der Waals surface area contributed by atoms with Crippen LogP contribution in [0.25, 0.3) is 0 Å². The highest BCUT2D eigenvalue weighted by Gasteiger charge is 2.20. The van der Waals surface area contributed by atoms with Gasteiger partial charge in [0.15, 0.2) is 0 Å². The van der Waals surface area contributed by atoms with Crippen molar-refractivity contribution in [2.75, 3.05) is 6.54 Å². The van der Waals surface area contributed by atoms with Crippen LogP contribution < -0.4 is 5.32 Å². The molecule has 0 aliphatic carbocycles. The fourth-order valence-electron chi connectivity index (χ4n) is 1.55. The van der Waals surface area contributed by atoms with E-state index in [1.165, 1.54) is 11.3 Å². The summed E-state index contributed by atoms with van der Waals surface area (Å²) in [6, 6.07) is 2.02. The molecule has 0 aromatic carbocycles. The van der Waals surface area contributed by atoms with Crippen molar-refractivity contribution in [1.29, 1.82) is 0 Å². The Morgan fingerprint density at radius 1 is 1.69 bits per heavy atom. The summed E-state index contributed by atoms with van der Waals surface area (Å²) in [5.74, 6) is 0. The largest absolute Gasteiger partial charge is 0.309 e. The van der Waals surface area contributed by atoms with Crippen molar-refractivity contribution in [2.24, 2.45) is 0 Å². The molecule has 0 radical (unpaired) electrons. The fourth-order valence-corrected chi connectivity index (χ4v) is 2.51. The van der Waals surface area contributed by atoms with Crippen LogP contribution in [0.4, 0.5) is 5.69 Å². The van der Waals surface area contributed by atoms with Gasteiger partial charge in [0.1, 0.15) is 0 Å². The maximum absolute atomic E-state index is 10.4. The van der Waals surface area contributed by atoms with Crippen LogP contribution in [0.2, 0.25) is 0 Å². The SMILES string of the molecule is O=[N+]([O-])c1csc(C2CCCN2)c1. The maximum Gasteiger partial charge on any atom is 0.280 e. The summed E-state index contributed by atoms with van der Waals surface area (Å²) >= 11 is 1.47. The van der Waals surface area contributed by atoms with Gasteiger partial charge in [0.25, 0.3) is 5.69 Å². The van der Waals surface area contributed by atoms with Gasteiger partial charge >= 0.3 is 0 Å². The second kappa shape index (κ2) is 3.43. The lowest BCUT2D eigenvalue weighted by Gasteiger charge is -2.04. The van der Waals surface area contributed by atoms with Gasteiger partial charge < -0.3 is 5.32 Å². The van der Waals surface area contributed by atoms with E-state index in [-0.39, 0.29) is 10.6 Å². The molecule has 5 heteroatoms.